The fourth-order valence-electron chi connectivity index (χ4n) is 3.36. The number of nitrogen functional groups attached to an aromatic ring is 1. The maximum absolute atomic E-state index is 12.5. The molecule has 4 atom stereocenters. The van der Waals surface area contributed by atoms with Crippen molar-refractivity contribution in [1.29, 1.82) is 0 Å². The summed E-state index contributed by atoms with van der Waals surface area (Å²) in [5.74, 6) is -1.09. The summed E-state index contributed by atoms with van der Waals surface area (Å²) in [5.41, 5.74) is 6.30. The molecule has 1 aliphatic rings. The van der Waals surface area contributed by atoms with Crippen molar-refractivity contribution in [2.45, 2.75) is 44.8 Å². The van der Waals surface area contributed by atoms with E-state index in [9.17, 15) is 24.4 Å². The molecule has 2 amide bonds. The van der Waals surface area contributed by atoms with Gasteiger partial charge in [-0.3, -0.25) is 18.7 Å². The predicted molar refractivity (Wildman–Crippen MR) is 117 cm³/mol. The Bertz CT molecular complexity index is 1060. The predicted octanol–water partition coefficient (Wildman–Crippen LogP) is -1.13. The minimum atomic E-state index is -3.43. The van der Waals surface area contributed by atoms with E-state index in [4.69, 9.17) is 19.5 Å². The number of hydrogen-bond acceptors (Lipinski definition) is 12. The number of aromatic nitrogens is 4. The van der Waals surface area contributed by atoms with Gasteiger partial charge in [-0.25, -0.2) is 15.0 Å². The van der Waals surface area contributed by atoms with Crippen molar-refractivity contribution in [2.75, 3.05) is 31.8 Å². The van der Waals surface area contributed by atoms with Crippen molar-refractivity contribution in [1.82, 2.24) is 30.2 Å². The minimum Gasteiger partial charge on any atom is -0.387 e. The molecule has 2 aromatic heterocycles. The van der Waals surface area contributed by atoms with Crippen LogP contribution in [0.2, 0.25) is 0 Å². The summed E-state index contributed by atoms with van der Waals surface area (Å²) in [6, 6.07) is 0. The average Bonchev–Trinajstić information content (AvgIpc) is 3.35. The number of nitrogens with zero attached hydrogens (tertiary/aromatic N) is 4. The van der Waals surface area contributed by atoms with E-state index in [-0.39, 0.29) is 49.4 Å². The van der Waals surface area contributed by atoms with Crippen LogP contribution >= 0.6 is 7.60 Å². The summed E-state index contributed by atoms with van der Waals surface area (Å²) in [5, 5.41) is 25.7. The summed E-state index contributed by atoms with van der Waals surface area (Å²) >= 11 is 0. The van der Waals surface area contributed by atoms with Gasteiger partial charge in [0.05, 0.1) is 19.5 Å². The van der Waals surface area contributed by atoms with Gasteiger partial charge in [-0.1, -0.05) is 0 Å². The number of aliphatic hydroxyl groups excluding tert-OH is 2. The van der Waals surface area contributed by atoms with Crippen LogP contribution in [-0.2, 0) is 27.9 Å². The monoisotopic (exact) mass is 501 g/mol. The lowest BCUT2D eigenvalue weighted by atomic mass is 10.1. The van der Waals surface area contributed by atoms with Gasteiger partial charge >= 0.3 is 7.60 Å². The average molecular weight is 501 g/mol. The molecule has 16 heteroatoms. The highest BCUT2D eigenvalue weighted by molar-refractivity contribution is 7.53. The molecule has 0 bridgehead atoms. The summed E-state index contributed by atoms with van der Waals surface area (Å²) in [7, 11) is -3.43. The minimum absolute atomic E-state index is 0.0939. The molecule has 0 saturated carbocycles. The molecule has 34 heavy (non-hydrogen) atoms. The third-order valence-electron chi connectivity index (χ3n) is 4.93. The quantitative estimate of drug-likeness (QED) is 0.231. The Morgan fingerprint density at radius 3 is 2.56 bits per heavy atom. The van der Waals surface area contributed by atoms with E-state index >= 15 is 0 Å². The number of anilines is 1. The molecule has 1 aliphatic heterocycles. The SMILES string of the molecule is CCOP(=O)(CNC(=O)CCNC(=O)[C@H]1O[C@@H](n2cnc3c(N)ncnc32)[C@H](O)[C@@H]1O)OCC. The molecule has 0 spiro atoms. The van der Waals surface area contributed by atoms with Crippen molar-refractivity contribution in [3.05, 3.63) is 12.7 Å². The molecular weight excluding hydrogens is 473 g/mol. The summed E-state index contributed by atoms with van der Waals surface area (Å²) in [6.45, 7) is 3.54. The highest BCUT2D eigenvalue weighted by Gasteiger charge is 2.47. The molecule has 15 nitrogen and oxygen atoms in total. The largest absolute Gasteiger partial charge is 0.387 e. The number of nitrogens with two attached hydrogens (primary N) is 1. The Morgan fingerprint density at radius 2 is 1.88 bits per heavy atom. The fourth-order valence-corrected chi connectivity index (χ4v) is 4.77. The van der Waals surface area contributed by atoms with Gasteiger partial charge in [0, 0.05) is 13.0 Å². The van der Waals surface area contributed by atoms with Crippen molar-refractivity contribution >= 4 is 36.4 Å². The molecule has 0 aliphatic carbocycles. The van der Waals surface area contributed by atoms with Crippen LogP contribution in [0.25, 0.3) is 11.2 Å². The Morgan fingerprint density at radius 1 is 1.18 bits per heavy atom. The molecule has 6 N–H and O–H groups in total. The van der Waals surface area contributed by atoms with Gasteiger partial charge in [-0.05, 0) is 13.8 Å². The zero-order valence-electron chi connectivity index (χ0n) is 18.7. The van der Waals surface area contributed by atoms with E-state index in [1.807, 2.05) is 0 Å². The van der Waals surface area contributed by atoms with Crippen molar-refractivity contribution < 1.29 is 38.2 Å². The first kappa shape index (κ1) is 25.9. The maximum atomic E-state index is 12.5. The molecule has 1 saturated heterocycles. The Balaban J connectivity index is 1.53. The zero-order valence-corrected chi connectivity index (χ0v) is 19.6. The normalized spacial score (nSPS) is 22.7. The number of ether oxygens (including phenoxy) is 1. The topological polar surface area (TPSA) is 213 Å². The molecule has 3 heterocycles. The second-order valence-corrected chi connectivity index (χ2v) is 9.31. The highest BCUT2D eigenvalue weighted by Crippen LogP contribution is 2.46. The zero-order chi connectivity index (χ0) is 24.9. The van der Waals surface area contributed by atoms with Crippen LogP contribution < -0.4 is 16.4 Å². The van der Waals surface area contributed by atoms with Crippen LogP contribution in [0.3, 0.4) is 0 Å². The number of hydrogen-bond donors (Lipinski definition) is 5. The van der Waals surface area contributed by atoms with Crippen molar-refractivity contribution in [3.63, 3.8) is 0 Å². The molecule has 2 aromatic rings. The number of carbonyl (C=O) groups is 2. The summed E-state index contributed by atoms with van der Waals surface area (Å²) < 4.78 is 29.4. The van der Waals surface area contributed by atoms with E-state index in [1.54, 1.807) is 13.8 Å². The lowest BCUT2D eigenvalue weighted by Gasteiger charge is -2.17. The van der Waals surface area contributed by atoms with Gasteiger partial charge in [0.2, 0.25) is 5.91 Å². The number of aliphatic hydroxyl groups is 2. The van der Waals surface area contributed by atoms with E-state index in [0.717, 1.165) is 0 Å². The number of imidazole rings is 1. The Kier molecular flexibility index (Phi) is 8.52. The van der Waals surface area contributed by atoms with Crippen LogP contribution in [0, 0.1) is 0 Å². The molecule has 1 fully saturated rings. The molecule has 188 valence electrons. The van der Waals surface area contributed by atoms with Crippen LogP contribution in [0.15, 0.2) is 12.7 Å². The van der Waals surface area contributed by atoms with E-state index < -0.39 is 43.9 Å². The first-order valence-electron chi connectivity index (χ1n) is 10.6. The van der Waals surface area contributed by atoms with E-state index in [0.29, 0.717) is 0 Å². The Labute approximate surface area is 194 Å². The van der Waals surface area contributed by atoms with Crippen molar-refractivity contribution in [2.24, 2.45) is 0 Å². The summed E-state index contributed by atoms with van der Waals surface area (Å²) in [4.78, 5) is 36.5. The number of fused-ring (bicyclic) bond motifs is 1. The van der Waals surface area contributed by atoms with E-state index in [1.165, 1.54) is 17.2 Å². The third-order valence-corrected chi connectivity index (χ3v) is 6.78. The lowest BCUT2D eigenvalue weighted by molar-refractivity contribution is -0.137. The second kappa shape index (κ2) is 11.2. The molecule has 0 aromatic carbocycles. The number of amides is 2. The maximum Gasteiger partial charge on any atom is 0.349 e. The van der Waals surface area contributed by atoms with Crippen LogP contribution in [-0.4, -0.2) is 85.9 Å². The smallest absolute Gasteiger partial charge is 0.349 e. The summed E-state index contributed by atoms with van der Waals surface area (Å²) in [6.07, 6.45) is -3.48. The van der Waals surface area contributed by atoms with Crippen LogP contribution in [0.4, 0.5) is 5.82 Å². The second-order valence-electron chi connectivity index (χ2n) is 7.26. The van der Waals surface area contributed by atoms with Gasteiger partial charge in [0.15, 0.2) is 23.8 Å². The number of carbonyl (C=O) groups excluding carboxylic acids is 2. The van der Waals surface area contributed by atoms with Gasteiger partial charge in [0.1, 0.15) is 30.3 Å². The van der Waals surface area contributed by atoms with Gasteiger partial charge in [-0.15, -0.1) is 0 Å². The third kappa shape index (κ3) is 5.68. The molecule has 0 radical (unpaired) electrons. The fraction of sp³-hybridized carbons (Fsp3) is 0.611. The number of nitrogens with one attached hydrogen (secondary N) is 2. The van der Waals surface area contributed by atoms with Gasteiger partial charge in [-0.2, -0.15) is 0 Å². The first-order chi connectivity index (χ1) is 16.2. The molecule has 3 rings (SSSR count). The molecule has 0 unspecified atom stereocenters. The number of rotatable bonds is 11. The van der Waals surface area contributed by atoms with Crippen LogP contribution in [0.5, 0.6) is 0 Å². The highest BCUT2D eigenvalue weighted by atomic mass is 31.2. The Hall–Kier alpha value is -2.68. The standard InChI is InChI=1S/C18H28N7O8P/c1-3-31-34(30,32-4-2)9-24-10(26)5-6-20-17(29)14-12(27)13(28)18(33-14)25-8-23-11-15(19)21-7-22-16(11)25/h7-8,12-14,18,27-28H,3-6,9H2,1-2H3,(H,20,29)(H,24,26)(H2,19,21,22)/t12-,13+,14-,18+/m0/s1. The lowest BCUT2D eigenvalue weighted by Crippen LogP contribution is -2.43. The van der Waals surface area contributed by atoms with Gasteiger partial charge in [0.25, 0.3) is 5.91 Å². The molecular formula is C18H28N7O8P. The van der Waals surface area contributed by atoms with Gasteiger partial charge < -0.3 is 40.4 Å². The first-order valence-corrected chi connectivity index (χ1v) is 12.3. The van der Waals surface area contributed by atoms with Crippen LogP contribution in [0.1, 0.15) is 26.5 Å². The van der Waals surface area contributed by atoms with Crippen molar-refractivity contribution in [3.8, 4) is 0 Å². The van der Waals surface area contributed by atoms with E-state index in [2.05, 4.69) is 25.6 Å².